The molecule has 2 N–H and O–H groups in total. The standard InChI is InChI=1S/C11H12ClFN2O/c12-8-4-3-7(6-9(8)13)15-11(16)10-2-1-5-14-10/h3-4,6,10,14H,1-2,5H2,(H,15,16)/t10-/m0/s1. The molecule has 2 rings (SSSR count). The van der Waals surface area contributed by atoms with Gasteiger partial charge in [0, 0.05) is 5.69 Å². The van der Waals surface area contributed by atoms with Crippen LogP contribution in [0, 0.1) is 5.82 Å². The molecule has 0 bridgehead atoms. The number of hydrogen-bond donors (Lipinski definition) is 2. The molecule has 1 aromatic carbocycles. The summed E-state index contributed by atoms with van der Waals surface area (Å²) in [6.07, 6.45) is 1.81. The van der Waals surface area contributed by atoms with Crippen molar-refractivity contribution >= 4 is 23.2 Å². The SMILES string of the molecule is O=C(Nc1ccc(Cl)c(F)c1)[C@@H]1CCCN1. The Morgan fingerprint density at radius 1 is 1.56 bits per heavy atom. The predicted molar refractivity (Wildman–Crippen MR) is 61.1 cm³/mol. The van der Waals surface area contributed by atoms with Crippen LogP contribution < -0.4 is 10.6 Å². The van der Waals surface area contributed by atoms with E-state index in [-0.39, 0.29) is 17.0 Å². The Morgan fingerprint density at radius 2 is 2.38 bits per heavy atom. The van der Waals surface area contributed by atoms with Crippen molar-refractivity contribution in [2.45, 2.75) is 18.9 Å². The van der Waals surface area contributed by atoms with Gasteiger partial charge in [0.1, 0.15) is 5.82 Å². The number of nitrogens with one attached hydrogen (secondary N) is 2. The zero-order chi connectivity index (χ0) is 11.5. The smallest absolute Gasteiger partial charge is 0.241 e. The van der Waals surface area contributed by atoms with Crippen LogP contribution in [0.5, 0.6) is 0 Å². The fourth-order valence-corrected chi connectivity index (χ4v) is 1.83. The summed E-state index contributed by atoms with van der Waals surface area (Å²) in [6.45, 7) is 0.854. The van der Waals surface area contributed by atoms with Crippen LogP contribution in [0.1, 0.15) is 12.8 Å². The highest BCUT2D eigenvalue weighted by Crippen LogP contribution is 2.19. The van der Waals surface area contributed by atoms with Gasteiger partial charge in [0.15, 0.2) is 0 Å². The van der Waals surface area contributed by atoms with E-state index in [4.69, 9.17) is 11.6 Å². The van der Waals surface area contributed by atoms with Gasteiger partial charge >= 0.3 is 0 Å². The molecule has 1 saturated heterocycles. The average molecular weight is 243 g/mol. The number of anilines is 1. The summed E-state index contributed by atoms with van der Waals surface area (Å²) in [6, 6.07) is 4.06. The van der Waals surface area contributed by atoms with Gasteiger partial charge in [-0.25, -0.2) is 4.39 Å². The summed E-state index contributed by atoms with van der Waals surface area (Å²) in [5, 5.41) is 5.78. The van der Waals surface area contributed by atoms with Crippen molar-refractivity contribution in [2.75, 3.05) is 11.9 Å². The molecular formula is C11H12ClFN2O. The van der Waals surface area contributed by atoms with Crippen molar-refractivity contribution in [2.24, 2.45) is 0 Å². The van der Waals surface area contributed by atoms with Crippen molar-refractivity contribution in [1.82, 2.24) is 5.32 Å². The predicted octanol–water partition coefficient (Wildman–Crippen LogP) is 2.17. The highest BCUT2D eigenvalue weighted by Gasteiger charge is 2.21. The Kier molecular flexibility index (Phi) is 3.41. The van der Waals surface area contributed by atoms with Crippen molar-refractivity contribution in [3.63, 3.8) is 0 Å². The van der Waals surface area contributed by atoms with Gasteiger partial charge in [0.2, 0.25) is 5.91 Å². The van der Waals surface area contributed by atoms with Gasteiger partial charge < -0.3 is 10.6 Å². The normalized spacial score (nSPS) is 19.8. The number of carbonyl (C=O) groups is 1. The third-order valence-electron chi connectivity index (χ3n) is 2.56. The third-order valence-corrected chi connectivity index (χ3v) is 2.87. The minimum absolute atomic E-state index is 0.0528. The van der Waals surface area contributed by atoms with E-state index in [9.17, 15) is 9.18 Å². The highest BCUT2D eigenvalue weighted by atomic mass is 35.5. The summed E-state index contributed by atoms with van der Waals surface area (Å²) in [4.78, 5) is 11.7. The van der Waals surface area contributed by atoms with Gasteiger partial charge in [-0.3, -0.25) is 4.79 Å². The fraction of sp³-hybridized carbons (Fsp3) is 0.364. The molecule has 0 aromatic heterocycles. The molecule has 5 heteroatoms. The van der Waals surface area contributed by atoms with E-state index in [1.165, 1.54) is 12.1 Å². The first-order valence-corrected chi connectivity index (χ1v) is 5.54. The largest absolute Gasteiger partial charge is 0.325 e. The van der Waals surface area contributed by atoms with Crippen molar-refractivity contribution < 1.29 is 9.18 Å². The van der Waals surface area contributed by atoms with E-state index >= 15 is 0 Å². The zero-order valence-corrected chi connectivity index (χ0v) is 9.35. The molecule has 0 spiro atoms. The first kappa shape index (κ1) is 11.4. The Morgan fingerprint density at radius 3 is 3.00 bits per heavy atom. The molecule has 1 amide bonds. The second-order valence-corrected chi connectivity index (χ2v) is 4.17. The van der Waals surface area contributed by atoms with Crippen molar-refractivity contribution in [3.05, 3.63) is 29.0 Å². The highest BCUT2D eigenvalue weighted by molar-refractivity contribution is 6.30. The number of rotatable bonds is 2. The van der Waals surface area contributed by atoms with Crippen LogP contribution >= 0.6 is 11.6 Å². The van der Waals surface area contributed by atoms with E-state index in [2.05, 4.69) is 10.6 Å². The number of halogens is 2. The van der Waals surface area contributed by atoms with Gasteiger partial charge in [-0.1, -0.05) is 11.6 Å². The number of amides is 1. The maximum absolute atomic E-state index is 13.1. The third kappa shape index (κ3) is 2.51. The first-order valence-electron chi connectivity index (χ1n) is 5.16. The van der Waals surface area contributed by atoms with Crippen LogP contribution in [0.2, 0.25) is 5.02 Å². The Labute approximate surface area is 98.0 Å². The number of hydrogen-bond acceptors (Lipinski definition) is 2. The molecule has 0 aliphatic carbocycles. The number of carbonyl (C=O) groups excluding carboxylic acids is 1. The lowest BCUT2D eigenvalue weighted by Gasteiger charge is -2.11. The van der Waals surface area contributed by atoms with Crippen LogP contribution in [0.15, 0.2) is 18.2 Å². The summed E-state index contributed by atoms with van der Waals surface area (Å²) < 4.78 is 13.1. The Bertz CT molecular complexity index is 405. The fourth-order valence-electron chi connectivity index (χ4n) is 1.71. The first-order chi connectivity index (χ1) is 7.66. The minimum Gasteiger partial charge on any atom is -0.325 e. The van der Waals surface area contributed by atoms with Gasteiger partial charge in [0.25, 0.3) is 0 Å². The van der Waals surface area contributed by atoms with E-state index in [0.717, 1.165) is 19.4 Å². The Hall–Kier alpha value is -1.13. The molecule has 3 nitrogen and oxygen atoms in total. The van der Waals surface area contributed by atoms with E-state index in [1.807, 2.05) is 0 Å². The van der Waals surface area contributed by atoms with Crippen molar-refractivity contribution in [1.29, 1.82) is 0 Å². The monoisotopic (exact) mass is 242 g/mol. The van der Waals surface area contributed by atoms with Crippen LogP contribution in [-0.2, 0) is 4.79 Å². The summed E-state index contributed by atoms with van der Waals surface area (Å²) in [5.74, 6) is -0.655. The molecule has 1 heterocycles. The van der Waals surface area contributed by atoms with Crippen LogP contribution in [-0.4, -0.2) is 18.5 Å². The molecule has 0 unspecified atom stereocenters. The molecule has 1 aliphatic heterocycles. The van der Waals surface area contributed by atoms with Crippen LogP contribution in [0.3, 0.4) is 0 Å². The second-order valence-electron chi connectivity index (χ2n) is 3.77. The molecule has 1 atom stereocenters. The maximum Gasteiger partial charge on any atom is 0.241 e. The average Bonchev–Trinajstić information content (AvgIpc) is 2.77. The van der Waals surface area contributed by atoms with E-state index in [0.29, 0.717) is 5.69 Å². The van der Waals surface area contributed by atoms with Gasteiger partial charge in [0.05, 0.1) is 11.1 Å². The van der Waals surface area contributed by atoms with Crippen LogP contribution in [0.4, 0.5) is 10.1 Å². The summed E-state index contributed by atoms with van der Waals surface area (Å²) in [7, 11) is 0. The lowest BCUT2D eigenvalue weighted by molar-refractivity contribution is -0.117. The molecule has 16 heavy (non-hydrogen) atoms. The lowest BCUT2D eigenvalue weighted by atomic mass is 10.2. The van der Waals surface area contributed by atoms with Gasteiger partial charge in [-0.2, -0.15) is 0 Å². The van der Waals surface area contributed by atoms with Crippen molar-refractivity contribution in [3.8, 4) is 0 Å². The van der Waals surface area contributed by atoms with E-state index in [1.54, 1.807) is 6.07 Å². The Balaban J connectivity index is 2.02. The molecule has 1 aliphatic rings. The molecule has 0 radical (unpaired) electrons. The molecule has 0 saturated carbocycles. The zero-order valence-electron chi connectivity index (χ0n) is 8.59. The summed E-state index contributed by atoms with van der Waals surface area (Å²) in [5.41, 5.74) is 0.431. The molecule has 86 valence electrons. The van der Waals surface area contributed by atoms with Gasteiger partial charge in [-0.05, 0) is 37.6 Å². The topological polar surface area (TPSA) is 41.1 Å². The molecule has 1 fully saturated rings. The van der Waals surface area contributed by atoms with E-state index < -0.39 is 5.82 Å². The lowest BCUT2D eigenvalue weighted by Crippen LogP contribution is -2.35. The van der Waals surface area contributed by atoms with Gasteiger partial charge in [-0.15, -0.1) is 0 Å². The molecular weight excluding hydrogens is 231 g/mol. The second kappa shape index (κ2) is 4.80. The minimum atomic E-state index is -0.529. The summed E-state index contributed by atoms with van der Waals surface area (Å²) >= 11 is 5.54. The van der Waals surface area contributed by atoms with Crippen LogP contribution in [0.25, 0.3) is 0 Å². The maximum atomic E-state index is 13.1. The molecule has 1 aromatic rings. The number of benzene rings is 1. The quantitative estimate of drug-likeness (QED) is 0.835.